The van der Waals surface area contributed by atoms with Crippen LogP contribution in [-0.4, -0.2) is 9.55 Å². The average Bonchev–Trinajstić information content (AvgIpc) is 3.49. The Morgan fingerprint density at radius 2 is 1.17 bits per heavy atom. The maximum atomic E-state index is 6.10. The van der Waals surface area contributed by atoms with Gasteiger partial charge in [0.1, 0.15) is 5.52 Å². The van der Waals surface area contributed by atoms with Gasteiger partial charge in [0.05, 0.1) is 11.0 Å². The molecule has 2 heterocycles. The van der Waals surface area contributed by atoms with Gasteiger partial charge in [0.15, 0.2) is 5.58 Å². The van der Waals surface area contributed by atoms with Crippen molar-refractivity contribution in [2.45, 2.75) is 13.8 Å². The van der Waals surface area contributed by atoms with Gasteiger partial charge in [-0.05, 0) is 78.6 Å². The monoisotopic (exact) mass is 464 g/mol. The molecule has 3 heteroatoms. The van der Waals surface area contributed by atoms with Crippen molar-refractivity contribution >= 4 is 32.9 Å². The van der Waals surface area contributed by atoms with E-state index in [4.69, 9.17) is 9.40 Å². The van der Waals surface area contributed by atoms with Gasteiger partial charge in [0, 0.05) is 22.0 Å². The molecule has 3 nitrogen and oxygen atoms in total. The minimum atomic E-state index is 0.659. The van der Waals surface area contributed by atoms with Crippen molar-refractivity contribution in [3.8, 4) is 28.3 Å². The highest BCUT2D eigenvalue weighted by atomic mass is 16.3. The highest BCUT2D eigenvalue weighted by molar-refractivity contribution is 6.09. The summed E-state index contributed by atoms with van der Waals surface area (Å²) in [4.78, 5) is 4.73. The lowest BCUT2D eigenvalue weighted by Crippen LogP contribution is -1.93. The molecule has 0 amide bonds. The van der Waals surface area contributed by atoms with E-state index in [-0.39, 0.29) is 0 Å². The van der Waals surface area contributed by atoms with Crippen LogP contribution >= 0.6 is 0 Å². The van der Waals surface area contributed by atoms with Crippen LogP contribution in [0.15, 0.2) is 114 Å². The second-order valence-corrected chi connectivity index (χ2v) is 9.44. The van der Waals surface area contributed by atoms with E-state index in [1.54, 1.807) is 0 Å². The van der Waals surface area contributed by atoms with Crippen molar-refractivity contribution in [2.75, 3.05) is 0 Å². The number of aromatic nitrogens is 2. The number of nitrogens with zero attached hydrogens (tertiary/aromatic N) is 2. The topological polar surface area (TPSA) is 31.0 Å². The first-order valence-electron chi connectivity index (χ1n) is 12.2. The van der Waals surface area contributed by atoms with Crippen molar-refractivity contribution < 1.29 is 4.42 Å². The Morgan fingerprint density at radius 3 is 1.81 bits per heavy atom. The lowest BCUT2D eigenvalue weighted by atomic mass is 10.0. The molecule has 5 aromatic carbocycles. The number of aryl methyl sites for hydroxylation is 2. The first-order chi connectivity index (χ1) is 17.7. The van der Waals surface area contributed by atoms with Gasteiger partial charge in [-0.2, -0.15) is 0 Å². The third kappa shape index (κ3) is 3.24. The van der Waals surface area contributed by atoms with Crippen LogP contribution in [0.4, 0.5) is 0 Å². The first kappa shape index (κ1) is 20.7. The molecule has 36 heavy (non-hydrogen) atoms. The SMILES string of the molecule is Cc1cc(C)c2oc(-c3ccc(-c4ccc(-n5c6ccccc6c6ccccc65)cc4)cc3)nc2c1. The molecule has 0 fully saturated rings. The molecule has 0 saturated heterocycles. The van der Waals surface area contributed by atoms with Gasteiger partial charge >= 0.3 is 0 Å². The maximum absolute atomic E-state index is 6.10. The average molecular weight is 465 g/mol. The summed E-state index contributed by atoms with van der Waals surface area (Å²) in [5.41, 5.74) is 11.0. The van der Waals surface area contributed by atoms with E-state index in [0.29, 0.717) is 5.89 Å². The predicted molar refractivity (Wildman–Crippen MR) is 149 cm³/mol. The molecule has 0 saturated carbocycles. The van der Waals surface area contributed by atoms with Crippen LogP contribution < -0.4 is 0 Å². The third-order valence-electron chi connectivity index (χ3n) is 6.99. The first-order valence-corrected chi connectivity index (χ1v) is 12.2. The molecule has 7 aromatic rings. The number of rotatable bonds is 3. The van der Waals surface area contributed by atoms with Gasteiger partial charge in [-0.1, -0.05) is 66.7 Å². The van der Waals surface area contributed by atoms with Crippen LogP contribution in [0.3, 0.4) is 0 Å². The molecule has 0 atom stereocenters. The summed E-state index contributed by atoms with van der Waals surface area (Å²) in [6.07, 6.45) is 0. The molecule has 0 unspecified atom stereocenters. The quantitative estimate of drug-likeness (QED) is 0.261. The molecule has 0 aliphatic heterocycles. The number of oxazole rings is 1. The van der Waals surface area contributed by atoms with Crippen molar-refractivity contribution in [3.05, 3.63) is 120 Å². The largest absolute Gasteiger partial charge is 0.436 e. The zero-order valence-corrected chi connectivity index (χ0v) is 20.2. The van der Waals surface area contributed by atoms with Gasteiger partial charge in [0.25, 0.3) is 0 Å². The molecule has 2 aromatic heterocycles. The molecule has 0 aliphatic carbocycles. The molecular formula is C33H24N2O. The molecule has 0 N–H and O–H groups in total. The van der Waals surface area contributed by atoms with E-state index in [1.165, 1.54) is 32.9 Å². The van der Waals surface area contributed by atoms with E-state index in [0.717, 1.165) is 33.5 Å². The lowest BCUT2D eigenvalue weighted by molar-refractivity contribution is 0.617. The van der Waals surface area contributed by atoms with E-state index < -0.39 is 0 Å². The molecule has 0 bridgehead atoms. The Kier molecular flexibility index (Phi) is 4.58. The van der Waals surface area contributed by atoms with E-state index in [9.17, 15) is 0 Å². The van der Waals surface area contributed by atoms with Crippen molar-refractivity contribution in [1.29, 1.82) is 0 Å². The zero-order chi connectivity index (χ0) is 24.2. The number of hydrogen-bond donors (Lipinski definition) is 0. The standard InChI is InChI=1S/C33H24N2O/c1-21-19-22(2)32-29(20-21)34-33(36-32)25-13-11-23(12-14-25)24-15-17-26(18-16-24)35-30-9-5-3-7-27(30)28-8-4-6-10-31(28)35/h3-20H,1-2H3. The van der Waals surface area contributed by atoms with Crippen molar-refractivity contribution in [3.63, 3.8) is 0 Å². The van der Waals surface area contributed by atoms with Crippen LogP contribution in [0, 0.1) is 13.8 Å². The Morgan fingerprint density at radius 1 is 0.611 bits per heavy atom. The van der Waals surface area contributed by atoms with E-state index in [2.05, 4.69) is 128 Å². The number of benzene rings is 5. The molecule has 0 radical (unpaired) electrons. The summed E-state index contributed by atoms with van der Waals surface area (Å²) in [6, 6.07) is 38.6. The summed E-state index contributed by atoms with van der Waals surface area (Å²) in [5.74, 6) is 0.659. The van der Waals surface area contributed by atoms with Gasteiger partial charge in [0.2, 0.25) is 5.89 Å². The normalized spacial score (nSPS) is 11.6. The van der Waals surface area contributed by atoms with E-state index in [1.807, 2.05) is 0 Å². The lowest BCUT2D eigenvalue weighted by Gasteiger charge is -2.09. The van der Waals surface area contributed by atoms with Gasteiger partial charge in [-0.15, -0.1) is 0 Å². The fraction of sp³-hybridized carbons (Fsp3) is 0.0606. The number of hydrogen-bond acceptors (Lipinski definition) is 2. The van der Waals surface area contributed by atoms with Crippen molar-refractivity contribution in [1.82, 2.24) is 9.55 Å². The minimum absolute atomic E-state index is 0.659. The predicted octanol–water partition coefficient (Wildman–Crippen LogP) is 8.88. The Hall–Kier alpha value is -4.63. The Bertz CT molecular complexity index is 1830. The van der Waals surface area contributed by atoms with Gasteiger partial charge in [-0.25, -0.2) is 4.98 Å². The van der Waals surface area contributed by atoms with Crippen LogP contribution in [0.25, 0.3) is 61.2 Å². The summed E-state index contributed by atoms with van der Waals surface area (Å²) in [5, 5.41) is 2.55. The zero-order valence-electron chi connectivity index (χ0n) is 20.2. The number of para-hydroxylation sites is 2. The fourth-order valence-corrected chi connectivity index (χ4v) is 5.31. The molecule has 0 spiro atoms. The highest BCUT2D eigenvalue weighted by Crippen LogP contribution is 2.33. The summed E-state index contributed by atoms with van der Waals surface area (Å²) >= 11 is 0. The minimum Gasteiger partial charge on any atom is -0.436 e. The van der Waals surface area contributed by atoms with E-state index >= 15 is 0 Å². The second-order valence-electron chi connectivity index (χ2n) is 9.44. The van der Waals surface area contributed by atoms with Crippen LogP contribution in [0.2, 0.25) is 0 Å². The van der Waals surface area contributed by atoms with Crippen LogP contribution in [-0.2, 0) is 0 Å². The Balaban J connectivity index is 1.24. The van der Waals surface area contributed by atoms with Gasteiger partial charge in [-0.3, -0.25) is 0 Å². The Labute approximate surface area is 209 Å². The van der Waals surface area contributed by atoms with Crippen molar-refractivity contribution in [2.24, 2.45) is 0 Å². The molecule has 0 aliphatic rings. The van der Waals surface area contributed by atoms with Crippen LogP contribution in [0.1, 0.15) is 11.1 Å². The molecule has 172 valence electrons. The number of fused-ring (bicyclic) bond motifs is 4. The smallest absolute Gasteiger partial charge is 0.227 e. The van der Waals surface area contributed by atoms with Crippen LogP contribution in [0.5, 0.6) is 0 Å². The summed E-state index contributed by atoms with van der Waals surface area (Å²) < 4.78 is 8.44. The highest BCUT2D eigenvalue weighted by Gasteiger charge is 2.13. The molecule has 7 rings (SSSR count). The maximum Gasteiger partial charge on any atom is 0.227 e. The summed E-state index contributed by atoms with van der Waals surface area (Å²) in [6.45, 7) is 4.15. The van der Waals surface area contributed by atoms with Gasteiger partial charge < -0.3 is 8.98 Å². The summed E-state index contributed by atoms with van der Waals surface area (Å²) in [7, 11) is 0. The third-order valence-corrected chi connectivity index (χ3v) is 6.99. The fourth-order valence-electron chi connectivity index (χ4n) is 5.31. The second kappa shape index (κ2) is 7.96. The molecular weight excluding hydrogens is 440 g/mol.